The van der Waals surface area contributed by atoms with Gasteiger partial charge in [-0.1, -0.05) is 125 Å². The number of carboxylic acids is 2. The lowest BCUT2D eigenvalue weighted by atomic mass is 9.71. The van der Waals surface area contributed by atoms with Gasteiger partial charge in [0.05, 0.1) is 0 Å². The second kappa shape index (κ2) is 14.4. The molecule has 0 aliphatic rings. The van der Waals surface area contributed by atoms with Gasteiger partial charge in [0.2, 0.25) is 0 Å². The van der Waals surface area contributed by atoms with Gasteiger partial charge in [-0.15, -0.1) is 0 Å². The van der Waals surface area contributed by atoms with Crippen molar-refractivity contribution >= 4 is 11.9 Å². The smallest absolute Gasteiger partial charge is 0.318 e. The van der Waals surface area contributed by atoms with Gasteiger partial charge in [-0.2, -0.15) is 0 Å². The number of rotatable bonds is 17. The predicted molar refractivity (Wildman–Crippen MR) is 129 cm³/mol. The van der Waals surface area contributed by atoms with E-state index in [1.54, 1.807) is 0 Å². The van der Waals surface area contributed by atoms with Crippen LogP contribution in [0.25, 0.3) is 0 Å². The van der Waals surface area contributed by atoms with Crippen molar-refractivity contribution in [1.29, 1.82) is 0 Å². The van der Waals surface area contributed by atoms with E-state index in [2.05, 4.69) is 0 Å². The number of aliphatic carboxylic acids is 2. The number of unbranched alkanes of at least 4 members (excludes halogenated alkanes) is 10. The summed E-state index contributed by atoms with van der Waals surface area (Å²) in [5.74, 6) is -1.48. The molecule has 0 aliphatic carbocycles. The van der Waals surface area contributed by atoms with Crippen molar-refractivity contribution < 1.29 is 19.8 Å². The number of benzene rings is 2. The average Bonchev–Trinajstić information content (AvgIpc) is 2.80. The fourth-order valence-corrected chi connectivity index (χ4v) is 4.51. The van der Waals surface area contributed by atoms with Crippen molar-refractivity contribution in [2.24, 2.45) is 0 Å². The highest BCUT2D eigenvalue weighted by atomic mass is 16.4. The van der Waals surface area contributed by atoms with Crippen molar-refractivity contribution in [3.8, 4) is 0 Å². The van der Waals surface area contributed by atoms with E-state index in [1.807, 2.05) is 60.7 Å². The van der Waals surface area contributed by atoms with Gasteiger partial charge in [0.1, 0.15) is 5.41 Å². The molecular formula is C28H38O4. The van der Waals surface area contributed by atoms with Gasteiger partial charge in [-0.3, -0.25) is 9.59 Å². The van der Waals surface area contributed by atoms with E-state index in [-0.39, 0.29) is 6.42 Å². The van der Waals surface area contributed by atoms with E-state index >= 15 is 0 Å². The third-order valence-electron chi connectivity index (χ3n) is 6.34. The maximum atomic E-state index is 12.6. The highest BCUT2D eigenvalue weighted by Gasteiger charge is 2.41. The Labute approximate surface area is 192 Å². The molecule has 0 bridgehead atoms. The zero-order valence-corrected chi connectivity index (χ0v) is 19.2. The summed E-state index contributed by atoms with van der Waals surface area (Å²) in [4.78, 5) is 23.0. The van der Waals surface area contributed by atoms with E-state index in [0.717, 1.165) is 49.7 Å². The largest absolute Gasteiger partial charge is 0.481 e. The molecule has 0 saturated heterocycles. The van der Waals surface area contributed by atoms with Crippen LogP contribution in [0, 0.1) is 0 Å². The highest BCUT2D eigenvalue weighted by molar-refractivity contribution is 5.86. The van der Waals surface area contributed by atoms with Crippen LogP contribution < -0.4 is 0 Å². The first-order valence-electron chi connectivity index (χ1n) is 12.1. The van der Waals surface area contributed by atoms with Gasteiger partial charge in [-0.25, -0.2) is 0 Å². The molecule has 0 heterocycles. The minimum atomic E-state index is -0.997. The molecule has 4 nitrogen and oxygen atoms in total. The summed E-state index contributed by atoms with van der Waals surface area (Å²) < 4.78 is 0. The molecule has 0 radical (unpaired) electrons. The van der Waals surface area contributed by atoms with Crippen LogP contribution in [0.4, 0.5) is 0 Å². The first kappa shape index (κ1) is 25.6. The molecule has 0 unspecified atom stereocenters. The van der Waals surface area contributed by atoms with Gasteiger partial charge in [0, 0.05) is 6.42 Å². The molecule has 4 heteroatoms. The van der Waals surface area contributed by atoms with Gasteiger partial charge >= 0.3 is 11.9 Å². The van der Waals surface area contributed by atoms with Crippen molar-refractivity contribution in [3.05, 3.63) is 71.8 Å². The Hall–Kier alpha value is -2.62. The van der Waals surface area contributed by atoms with E-state index in [9.17, 15) is 14.7 Å². The van der Waals surface area contributed by atoms with Crippen LogP contribution >= 0.6 is 0 Å². The Morgan fingerprint density at radius 3 is 1.31 bits per heavy atom. The zero-order valence-electron chi connectivity index (χ0n) is 19.2. The van der Waals surface area contributed by atoms with Crippen LogP contribution in [0.5, 0.6) is 0 Å². The first-order chi connectivity index (χ1) is 15.6. The maximum absolute atomic E-state index is 12.6. The van der Waals surface area contributed by atoms with Gasteiger partial charge in [-0.05, 0) is 24.0 Å². The number of hydrogen-bond acceptors (Lipinski definition) is 2. The normalized spacial score (nSPS) is 11.4. The lowest BCUT2D eigenvalue weighted by Gasteiger charge is -2.31. The van der Waals surface area contributed by atoms with Crippen molar-refractivity contribution in [2.45, 2.75) is 88.9 Å². The fraction of sp³-hybridized carbons (Fsp3) is 0.500. The van der Waals surface area contributed by atoms with Crippen molar-refractivity contribution in [3.63, 3.8) is 0 Å². The maximum Gasteiger partial charge on any atom is 0.318 e. The summed E-state index contributed by atoms with van der Waals surface area (Å²) in [5, 5.41) is 18.9. The molecule has 2 rings (SSSR count). The summed E-state index contributed by atoms with van der Waals surface area (Å²) in [7, 11) is 0. The molecule has 0 saturated carbocycles. The van der Waals surface area contributed by atoms with Crippen molar-refractivity contribution in [1.82, 2.24) is 0 Å². The van der Waals surface area contributed by atoms with E-state index in [1.165, 1.54) is 32.1 Å². The summed E-state index contributed by atoms with van der Waals surface area (Å²) in [6.07, 6.45) is 12.9. The molecular weight excluding hydrogens is 400 g/mol. The van der Waals surface area contributed by atoms with Crippen LogP contribution in [0.15, 0.2) is 60.7 Å². The van der Waals surface area contributed by atoms with Gasteiger partial charge in [0.15, 0.2) is 0 Å². The Morgan fingerprint density at radius 1 is 0.562 bits per heavy atom. The first-order valence-corrected chi connectivity index (χ1v) is 12.1. The lowest BCUT2D eigenvalue weighted by Crippen LogP contribution is -2.37. The standard InChI is InChI=1S/C28H38O4/c29-26(30)22-16-8-6-4-2-1-3-5-7-9-17-23-28(27(31)32,24-18-12-10-13-19-24)25-20-14-11-15-21-25/h10-15,18-21H,1-9,16-17,22-23H2,(H,29,30)(H,31,32). The van der Waals surface area contributed by atoms with Crippen LogP contribution in [-0.4, -0.2) is 22.2 Å². The summed E-state index contributed by atoms with van der Waals surface area (Å²) in [5.41, 5.74) is 0.701. The van der Waals surface area contributed by atoms with Crippen molar-refractivity contribution in [2.75, 3.05) is 0 Å². The lowest BCUT2D eigenvalue weighted by molar-refractivity contribution is -0.142. The minimum Gasteiger partial charge on any atom is -0.481 e. The highest BCUT2D eigenvalue weighted by Crippen LogP contribution is 2.38. The molecule has 2 aromatic rings. The van der Waals surface area contributed by atoms with Crippen LogP contribution in [-0.2, 0) is 15.0 Å². The Morgan fingerprint density at radius 2 is 0.938 bits per heavy atom. The Balaban J connectivity index is 1.73. The van der Waals surface area contributed by atoms with Gasteiger partial charge in [0.25, 0.3) is 0 Å². The van der Waals surface area contributed by atoms with Crippen LogP contribution in [0.2, 0.25) is 0 Å². The Kier molecular flexibility index (Phi) is 11.6. The fourth-order valence-electron chi connectivity index (χ4n) is 4.51. The second-order valence-electron chi connectivity index (χ2n) is 8.73. The molecule has 0 aliphatic heterocycles. The summed E-state index contributed by atoms with van der Waals surface area (Å²) in [6, 6.07) is 19.3. The average molecular weight is 439 g/mol. The monoisotopic (exact) mass is 438 g/mol. The molecule has 0 aromatic heterocycles. The van der Waals surface area contributed by atoms with E-state index in [4.69, 9.17) is 5.11 Å². The summed E-state index contributed by atoms with van der Waals surface area (Å²) >= 11 is 0. The third kappa shape index (κ3) is 8.14. The molecule has 0 amide bonds. The third-order valence-corrected chi connectivity index (χ3v) is 6.34. The zero-order chi connectivity index (χ0) is 23.1. The van der Waals surface area contributed by atoms with Crippen LogP contribution in [0.3, 0.4) is 0 Å². The van der Waals surface area contributed by atoms with E-state index in [0.29, 0.717) is 6.42 Å². The summed E-state index contributed by atoms with van der Waals surface area (Å²) in [6.45, 7) is 0. The topological polar surface area (TPSA) is 74.6 Å². The van der Waals surface area contributed by atoms with E-state index < -0.39 is 17.4 Å². The molecule has 0 fully saturated rings. The van der Waals surface area contributed by atoms with Gasteiger partial charge < -0.3 is 10.2 Å². The number of hydrogen-bond donors (Lipinski definition) is 2. The molecule has 0 atom stereocenters. The SMILES string of the molecule is O=C(O)CCCCCCCCCCCCCC(C(=O)O)(c1ccccc1)c1ccccc1. The molecule has 2 aromatic carbocycles. The quantitative estimate of drug-likeness (QED) is 0.256. The number of carboxylic acid groups (broad SMARTS) is 2. The Bertz CT molecular complexity index is 746. The molecule has 2 N–H and O–H groups in total. The molecule has 174 valence electrons. The second-order valence-corrected chi connectivity index (χ2v) is 8.73. The number of carbonyl (C=O) groups is 2. The molecule has 0 spiro atoms. The minimum absolute atomic E-state index is 0.289. The van der Waals surface area contributed by atoms with Crippen LogP contribution in [0.1, 0.15) is 94.6 Å². The predicted octanol–water partition coefficient (Wildman–Crippen LogP) is 7.21. The molecule has 32 heavy (non-hydrogen) atoms.